The van der Waals surface area contributed by atoms with Crippen molar-refractivity contribution in [3.63, 3.8) is 0 Å². The molecule has 0 spiro atoms. The number of nitrogens with one attached hydrogen (secondary N) is 1. The van der Waals surface area contributed by atoms with E-state index < -0.39 is 15.7 Å². The maximum absolute atomic E-state index is 12.3. The van der Waals surface area contributed by atoms with E-state index in [2.05, 4.69) is 16.4 Å². The molecule has 0 saturated carbocycles. The third-order valence-electron chi connectivity index (χ3n) is 4.59. The van der Waals surface area contributed by atoms with Crippen LogP contribution in [0.2, 0.25) is 0 Å². The largest absolute Gasteiger partial charge is 0.366 e. The average molecular weight is 378 g/mol. The predicted molar refractivity (Wildman–Crippen MR) is 100 cm³/mol. The standard InChI is InChI=1S/C19H14N4O3S/c20-9-12-10-22-15-4-5-16-14(6-7-27(16,25)26)17(15)18(12)23-13-3-1-2-11(8-13)19(21)24/h1-5,8,10H,6-7H2,(H2,21,24)(H,22,23). The zero-order valence-electron chi connectivity index (χ0n) is 14.1. The van der Waals surface area contributed by atoms with Crippen LogP contribution < -0.4 is 11.1 Å². The van der Waals surface area contributed by atoms with Crippen molar-refractivity contribution in [1.82, 2.24) is 4.98 Å². The van der Waals surface area contributed by atoms with Gasteiger partial charge in [-0.15, -0.1) is 0 Å². The lowest BCUT2D eigenvalue weighted by molar-refractivity contribution is 0.100. The summed E-state index contributed by atoms with van der Waals surface area (Å²) in [5.74, 6) is -0.528. The van der Waals surface area contributed by atoms with Crippen molar-refractivity contribution < 1.29 is 13.2 Å². The van der Waals surface area contributed by atoms with Gasteiger partial charge in [-0.2, -0.15) is 5.26 Å². The van der Waals surface area contributed by atoms with Gasteiger partial charge in [-0.3, -0.25) is 9.78 Å². The van der Waals surface area contributed by atoms with E-state index in [-0.39, 0.29) is 16.2 Å². The predicted octanol–water partition coefficient (Wildman–Crippen LogP) is 2.28. The molecule has 0 saturated heterocycles. The molecule has 1 amide bonds. The van der Waals surface area contributed by atoms with Crippen molar-refractivity contribution in [2.45, 2.75) is 11.3 Å². The first-order chi connectivity index (χ1) is 12.9. The van der Waals surface area contributed by atoms with Crippen molar-refractivity contribution >= 4 is 38.0 Å². The first kappa shape index (κ1) is 17.0. The Bertz CT molecular complexity index is 1260. The number of sulfone groups is 1. The Kier molecular flexibility index (Phi) is 3.82. The molecule has 134 valence electrons. The zero-order chi connectivity index (χ0) is 19.2. The van der Waals surface area contributed by atoms with Crippen molar-refractivity contribution in [2.24, 2.45) is 5.73 Å². The summed E-state index contributed by atoms with van der Waals surface area (Å²) in [5, 5.41) is 13.3. The molecule has 27 heavy (non-hydrogen) atoms. The lowest BCUT2D eigenvalue weighted by Crippen LogP contribution is -2.11. The number of carbonyl (C=O) groups excluding carboxylic acids is 1. The van der Waals surface area contributed by atoms with Crippen LogP contribution in [0, 0.1) is 11.3 Å². The van der Waals surface area contributed by atoms with E-state index in [0.717, 1.165) is 0 Å². The average Bonchev–Trinajstić information content (AvgIpc) is 2.97. The fourth-order valence-electron chi connectivity index (χ4n) is 3.33. The quantitative estimate of drug-likeness (QED) is 0.720. The Morgan fingerprint density at radius 2 is 2.07 bits per heavy atom. The van der Waals surface area contributed by atoms with Gasteiger partial charge in [0.05, 0.1) is 27.4 Å². The highest BCUT2D eigenvalue weighted by Gasteiger charge is 2.29. The molecule has 7 nitrogen and oxygen atoms in total. The number of nitrogens with zero attached hydrogens (tertiary/aromatic N) is 2. The third-order valence-corrected chi connectivity index (χ3v) is 6.39. The summed E-state index contributed by atoms with van der Waals surface area (Å²) in [6.45, 7) is 0. The molecule has 0 unspecified atom stereocenters. The highest BCUT2D eigenvalue weighted by Crippen LogP contribution is 2.38. The summed E-state index contributed by atoms with van der Waals surface area (Å²) in [6, 6.07) is 11.9. The van der Waals surface area contributed by atoms with Gasteiger partial charge in [0.25, 0.3) is 0 Å². The number of fused-ring (bicyclic) bond motifs is 3. The molecule has 4 rings (SSSR count). The lowest BCUT2D eigenvalue weighted by Gasteiger charge is -2.14. The van der Waals surface area contributed by atoms with Gasteiger partial charge >= 0.3 is 0 Å². The number of amides is 1. The second-order valence-electron chi connectivity index (χ2n) is 6.23. The fraction of sp³-hybridized carbons (Fsp3) is 0.105. The van der Waals surface area contributed by atoms with Gasteiger partial charge in [0.15, 0.2) is 9.84 Å². The van der Waals surface area contributed by atoms with Crippen LogP contribution in [0.25, 0.3) is 10.9 Å². The minimum absolute atomic E-state index is 0.0365. The van der Waals surface area contributed by atoms with Crippen molar-refractivity contribution in [3.05, 3.63) is 59.3 Å². The van der Waals surface area contributed by atoms with Crippen LogP contribution in [0.3, 0.4) is 0 Å². The second kappa shape index (κ2) is 6.07. The highest BCUT2D eigenvalue weighted by atomic mass is 32.2. The number of hydrogen-bond donors (Lipinski definition) is 2. The van der Waals surface area contributed by atoms with Crippen LogP contribution >= 0.6 is 0 Å². The number of rotatable bonds is 3. The van der Waals surface area contributed by atoms with Gasteiger partial charge in [-0.05, 0) is 42.3 Å². The number of anilines is 2. The summed E-state index contributed by atoms with van der Waals surface area (Å²) in [6.07, 6.45) is 1.81. The number of primary amides is 1. The van der Waals surface area contributed by atoms with E-state index in [1.165, 1.54) is 6.20 Å². The van der Waals surface area contributed by atoms with Gasteiger partial charge in [0.1, 0.15) is 6.07 Å². The number of hydrogen-bond acceptors (Lipinski definition) is 6. The smallest absolute Gasteiger partial charge is 0.248 e. The molecule has 1 aliphatic rings. The summed E-state index contributed by atoms with van der Waals surface area (Å²) >= 11 is 0. The Balaban J connectivity index is 1.97. The molecule has 3 N–H and O–H groups in total. The summed E-state index contributed by atoms with van der Waals surface area (Å²) in [4.78, 5) is 16.0. The van der Waals surface area contributed by atoms with Gasteiger partial charge in [0, 0.05) is 22.8 Å². The number of aryl methyl sites for hydroxylation is 1. The van der Waals surface area contributed by atoms with Crippen LogP contribution in [0.5, 0.6) is 0 Å². The van der Waals surface area contributed by atoms with Crippen molar-refractivity contribution in [2.75, 3.05) is 11.1 Å². The lowest BCUT2D eigenvalue weighted by atomic mass is 10.0. The van der Waals surface area contributed by atoms with Gasteiger partial charge in [-0.1, -0.05) is 6.07 Å². The molecule has 0 radical (unpaired) electrons. The Hall–Kier alpha value is -3.44. The van der Waals surface area contributed by atoms with E-state index in [1.54, 1.807) is 36.4 Å². The molecule has 1 aromatic heterocycles. The van der Waals surface area contributed by atoms with E-state index in [9.17, 15) is 18.5 Å². The minimum Gasteiger partial charge on any atom is -0.366 e. The van der Waals surface area contributed by atoms with E-state index in [0.29, 0.717) is 39.8 Å². The Labute approximate surface area is 155 Å². The Morgan fingerprint density at radius 3 is 2.81 bits per heavy atom. The van der Waals surface area contributed by atoms with Crippen LogP contribution in [0.1, 0.15) is 21.5 Å². The number of nitrogens with two attached hydrogens (primary N) is 1. The summed E-state index contributed by atoms with van der Waals surface area (Å²) in [7, 11) is -3.32. The van der Waals surface area contributed by atoms with E-state index >= 15 is 0 Å². The molecule has 0 atom stereocenters. The molecular formula is C19H14N4O3S. The number of nitriles is 1. The molecule has 0 fully saturated rings. The molecule has 2 heterocycles. The second-order valence-corrected chi connectivity index (χ2v) is 8.31. The number of aromatic nitrogens is 1. The normalized spacial score (nSPS) is 14.5. The summed E-state index contributed by atoms with van der Waals surface area (Å²) in [5.41, 5.74) is 8.22. The van der Waals surface area contributed by atoms with Crippen LogP contribution in [-0.4, -0.2) is 25.1 Å². The molecule has 0 bridgehead atoms. The van der Waals surface area contributed by atoms with Crippen molar-refractivity contribution in [1.29, 1.82) is 5.26 Å². The van der Waals surface area contributed by atoms with E-state index in [4.69, 9.17) is 5.73 Å². The third kappa shape index (κ3) is 2.78. The highest BCUT2D eigenvalue weighted by molar-refractivity contribution is 7.91. The number of pyridine rings is 1. The van der Waals surface area contributed by atoms with Gasteiger partial charge in [0.2, 0.25) is 5.91 Å². The van der Waals surface area contributed by atoms with E-state index in [1.807, 2.05) is 0 Å². The molecule has 0 aliphatic carbocycles. The molecule has 1 aliphatic heterocycles. The number of carbonyl (C=O) groups is 1. The first-order valence-corrected chi connectivity index (χ1v) is 9.80. The van der Waals surface area contributed by atoms with Crippen LogP contribution in [0.4, 0.5) is 11.4 Å². The van der Waals surface area contributed by atoms with Gasteiger partial charge in [-0.25, -0.2) is 8.42 Å². The molecular weight excluding hydrogens is 364 g/mol. The SMILES string of the molecule is N#Cc1cnc2ccc3c(c2c1Nc1cccc(C(N)=O)c1)CCS3(=O)=O. The zero-order valence-corrected chi connectivity index (χ0v) is 14.9. The molecule has 3 aromatic rings. The molecule has 2 aromatic carbocycles. The van der Waals surface area contributed by atoms with Crippen molar-refractivity contribution in [3.8, 4) is 6.07 Å². The minimum atomic E-state index is -3.32. The summed E-state index contributed by atoms with van der Waals surface area (Å²) < 4.78 is 24.6. The van der Waals surface area contributed by atoms with Gasteiger partial charge < -0.3 is 11.1 Å². The molecule has 8 heteroatoms. The first-order valence-electron chi connectivity index (χ1n) is 8.15. The fourth-order valence-corrected chi connectivity index (χ4v) is 4.88. The van der Waals surface area contributed by atoms with Crippen LogP contribution in [0.15, 0.2) is 47.5 Å². The maximum atomic E-state index is 12.3. The maximum Gasteiger partial charge on any atom is 0.248 e. The van der Waals surface area contributed by atoms with Crippen LogP contribution in [-0.2, 0) is 16.3 Å². The topological polar surface area (TPSA) is 126 Å². The Morgan fingerprint density at radius 1 is 1.26 bits per heavy atom. The number of benzene rings is 2. The monoisotopic (exact) mass is 378 g/mol.